The maximum absolute atomic E-state index is 11.6. The van der Waals surface area contributed by atoms with Crippen LogP contribution in [0.15, 0.2) is 24.3 Å². The second kappa shape index (κ2) is 8.19. The first-order valence-electron chi connectivity index (χ1n) is 6.62. The van der Waals surface area contributed by atoms with E-state index < -0.39 is 5.97 Å². The number of amides is 1. The molecular formula is C15H21NO4. The van der Waals surface area contributed by atoms with E-state index in [0.717, 1.165) is 17.7 Å². The maximum atomic E-state index is 11.6. The predicted molar refractivity (Wildman–Crippen MR) is 75.7 cm³/mol. The van der Waals surface area contributed by atoms with Gasteiger partial charge in [-0.15, -0.1) is 0 Å². The van der Waals surface area contributed by atoms with Gasteiger partial charge < -0.3 is 15.2 Å². The summed E-state index contributed by atoms with van der Waals surface area (Å²) in [5.41, 5.74) is 1.12. The van der Waals surface area contributed by atoms with Crippen LogP contribution in [0, 0.1) is 5.92 Å². The molecule has 0 saturated heterocycles. The normalized spacial score (nSPS) is 11.7. The van der Waals surface area contributed by atoms with Crippen molar-refractivity contribution in [1.29, 1.82) is 0 Å². The molecule has 1 unspecified atom stereocenters. The number of carbonyl (C=O) groups is 2. The molecular weight excluding hydrogens is 258 g/mol. The largest absolute Gasteiger partial charge is 0.497 e. The summed E-state index contributed by atoms with van der Waals surface area (Å²) in [5.74, 6) is -0.315. The summed E-state index contributed by atoms with van der Waals surface area (Å²) in [7, 11) is 1.62. The minimum absolute atomic E-state index is 0.0197. The summed E-state index contributed by atoms with van der Waals surface area (Å²) in [5, 5.41) is 11.4. The van der Waals surface area contributed by atoms with Gasteiger partial charge in [0, 0.05) is 19.4 Å². The summed E-state index contributed by atoms with van der Waals surface area (Å²) in [4.78, 5) is 22.1. The lowest BCUT2D eigenvalue weighted by Gasteiger charge is -2.09. The number of nitrogens with one attached hydrogen (secondary N) is 1. The molecule has 2 N–H and O–H groups in total. The van der Waals surface area contributed by atoms with Crippen LogP contribution in [-0.2, 0) is 16.0 Å². The highest BCUT2D eigenvalue weighted by atomic mass is 16.5. The van der Waals surface area contributed by atoms with Gasteiger partial charge in [-0.3, -0.25) is 9.59 Å². The van der Waals surface area contributed by atoms with Crippen molar-refractivity contribution in [2.45, 2.75) is 26.2 Å². The number of hydrogen-bond donors (Lipinski definition) is 2. The van der Waals surface area contributed by atoms with Gasteiger partial charge in [-0.2, -0.15) is 0 Å². The average molecular weight is 279 g/mol. The molecule has 0 bridgehead atoms. The summed E-state index contributed by atoms with van der Waals surface area (Å²) in [6.45, 7) is 2.31. The van der Waals surface area contributed by atoms with Crippen molar-refractivity contribution in [2.24, 2.45) is 5.92 Å². The van der Waals surface area contributed by atoms with Crippen molar-refractivity contribution >= 4 is 11.9 Å². The van der Waals surface area contributed by atoms with Crippen LogP contribution >= 0.6 is 0 Å². The summed E-state index contributed by atoms with van der Waals surface area (Å²) in [6.07, 6.45) is 1.00. The molecule has 1 atom stereocenters. The van der Waals surface area contributed by atoms with E-state index in [1.807, 2.05) is 24.3 Å². The van der Waals surface area contributed by atoms with Crippen molar-refractivity contribution < 1.29 is 19.4 Å². The van der Waals surface area contributed by atoms with Gasteiger partial charge in [0.25, 0.3) is 0 Å². The van der Waals surface area contributed by atoms with Gasteiger partial charge in [0.1, 0.15) is 5.75 Å². The van der Waals surface area contributed by atoms with Gasteiger partial charge in [-0.25, -0.2) is 0 Å². The standard InChI is InChI=1S/C15H21NO4/c1-11(10-15(18)19)9-14(17)16-8-7-12-3-5-13(20-2)6-4-12/h3-6,11H,7-10H2,1-2H3,(H,16,17)(H,18,19). The SMILES string of the molecule is COc1ccc(CCNC(=O)CC(C)CC(=O)O)cc1. The molecule has 0 aliphatic heterocycles. The Labute approximate surface area is 118 Å². The number of carboxylic acid groups (broad SMARTS) is 1. The highest BCUT2D eigenvalue weighted by molar-refractivity contribution is 5.77. The third-order valence-corrected chi connectivity index (χ3v) is 2.95. The Kier molecular flexibility index (Phi) is 6.56. The zero-order valence-electron chi connectivity index (χ0n) is 11.9. The van der Waals surface area contributed by atoms with Gasteiger partial charge >= 0.3 is 5.97 Å². The Hall–Kier alpha value is -2.04. The Morgan fingerprint density at radius 3 is 2.45 bits per heavy atom. The van der Waals surface area contributed by atoms with Crippen LogP contribution in [-0.4, -0.2) is 30.6 Å². The van der Waals surface area contributed by atoms with E-state index in [-0.39, 0.29) is 24.7 Å². The van der Waals surface area contributed by atoms with Gasteiger partial charge in [-0.05, 0) is 30.0 Å². The smallest absolute Gasteiger partial charge is 0.303 e. The van der Waals surface area contributed by atoms with E-state index in [1.165, 1.54) is 0 Å². The zero-order chi connectivity index (χ0) is 15.0. The fourth-order valence-corrected chi connectivity index (χ4v) is 1.90. The third kappa shape index (κ3) is 6.22. The molecule has 0 aliphatic rings. The molecule has 0 saturated carbocycles. The van der Waals surface area contributed by atoms with Crippen LogP contribution in [0.4, 0.5) is 0 Å². The average Bonchev–Trinajstić information content (AvgIpc) is 2.38. The van der Waals surface area contributed by atoms with Gasteiger partial charge in [-0.1, -0.05) is 19.1 Å². The lowest BCUT2D eigenvalue weighted by atomic mass is 10.0. The monoisotopic (exact) mass is 279 g/mol. The van der Waals surface area contributed by atoms with Crippen molar-refractivity contribution in [3.63, 3.8) is 0 Å². The second-order valence-electron chi connectivity index (χ2n) is 4.86. The first-order chi connectivity index (χ1) is 9.51. The third-order valence-electron chi connectivity index (χ3n) is 2.95. The number of methoxy groups -OCH3 is 1. The van der Waals surface area contributed by atoms with Crippen LogP contribution in [0.5, 0.6) is 5.75 Å². The summed E-state index contributed by atoms with van der Waals surface area (Å²) in [6, 6.07) is 7.67. The lowest BCUT2D eigenvalue weighted by molar-refractivity contribution is -0.138. The number of ether oxygens (including phenoxy) is 1. The van der Waals surface area contributed by atoms with Crippen LogP contribution in [0.1, 0.15) is 25.3 Å². The topological polar surface area (TPSA) is 75.6 Å². The molecule has 0 spiro atoms. The molecule has 5 heteroatoms. The molecule has 1 rings (SSSR count). The molecule has 0 aromatic heterocycles. The molecule has 0 fully saturated rings. The summed E-state index contributed by atoms with van der Waals surface area (Å²) >= 11 is 0. The second-order valence-corrected chi connectivity index (χ2v) is 4.86. The van der Waals surface area contributed by atoms with Crippen molar-refractivity contribution in [3.8, 4) is 5.75 Å². The van der Waals surface area contributed by atoms with E-state index in [1.54, 1.807) is 14.0 Å². The van der Waals surface area contributed by atoms with Gasteiger partial charge in [0.05, 0.1) is 7.11 Å². The first-order valence-corrected chi connectivity index (χ1v) is 6.62. The molecule has 1 aromatic rings. The number of carboxylic acids is 1. The predicted octanol–water partition coefficient (Wildman–Crippen LogP) is 1.85. The van der Waals surface area contributed by atoms with Gasteiger partial charge in [0.15, 0.2) is 0 Å². The van der Waals surface area contributed by atoms with Crippen LogP contribution in [0.3, 0.4) is 0 Å². The molecule has 1 amide bonds. The van der Waals surface area contributed by atoms with E-state index in [4.69, 9.17) is 9.84 Å². The molecule has 20 heavy (non-hydrogen) atoms. The van der Waals surface area contributed by atoms with Gasteiger partial charge in [0.2, 0.25) is 5.91 Å². The molecule has 0 radical (unpaired) electrons. The molecule has 1 aromatic carbocycles. The minimum Gasteiger partial charge on any atom is -0.497 e. The van der Waals surface area contributed by atoms with E-state index in [0.29, 0.717) is 6.54 Å². The number of hydrogen-bond acceptors (Lipinski definition) is 3. The molecule has 110 valence electrons. The zero-order valence-corrected chi connectivity index (χ0v) is 11.9. The fourth-order valence-electron chi connectivity index (χ4n) is 1.90. The number of benzene rings is 1. The molecule has 5 nitrogen and oxygen atoms in total. The van der Waals surface area contributed by atoms with E-state index in [9.17, 15) is 9.59 Å². The highest BCUT2D eigenvalue weighted by Gasteiger charge is 2.12. The van der Waals surface area contributed by atoms with Crippen molar-refractivity contribution in [1.82, 2.24) is 5.32 Å². The fraction of sp³-hybridized carbons (Fsp3) is 0.467. The van der Waals surface area contributed by atoms with E-state index in [2.05, 4.69) is 5.32 Å². The lowest BCUT2D eigenvalue weighted by Crippen LogP contribution is -2.27. The number of aliphatic carboxylic acids is 1. The quantitative estimate of drug-likeness (QED) is 0.761. The van der Waals surface area contributed by atoms with Crippen LogP contribution in [0.2, 0.25) is 0 Å². The van der Waals surface area contributed by atoms with Crippen LogP contribution < -0.4 is 10.1 Å². The number of rotatable bonds is 8. The highest BCUT2D eigenvalue weighted by Crippen LogP contribution is 2.11. The Balaban J connectivity index is 2.25. The van der Waals surface area contributed by atoms with Crippen molar-refractivity contribution in [2.75, 3.05) is 13.7 Å². The first kappa shape index (κ1) is 16.0. The Morgan fingerprint density at radius 1 is 1.25 bits per heavy atom. The molecule has 0 aliphatic carbocycles. The Bertz CT molecular complexity index is 442. The van der Waals surface area contributed by atoms with E-state index >= 15 is 0 Å². The maximum Gasteiger partial charge on any atom is 0.303 e. The number of carbonyl (C=O) groups excluding carboxylic acids is 1. The van der Waals surface area contributed by atoms with Crippen LogP contribution in [0.25, 0.3) is 0 Å². The van der Waals surface area contributed by atoms with Crippen molar-refractivity contribution in [3.05, 3.63) is 29.8 Å². The molecule has 0 heterocycles. The Morgan fingerprint density at radius 2 is 1.90 bits per heavy atom. The summed E-state index contributed by atoms with van der Waals surface area (Å²) < 4.78 is 5.07. The minimum atomic E-state index is -0.872.